The molecule has 1 aliphatic rings. The van der Waals surface area contributed by atoms with Gasteiger partial charge in [-0.3, -0.25) is 4.79 Å². The average molecular weight is 268 g/mol. The molecule has 1 aliphatic carbocycles. The number of aliphatic hydroxyl groups excluding tert-OH is 1. The van der Waals surface area contributed by atoms with Crippen LogP contribution in [0.5, 0.6) is 0 Å². The molecule has 2 rings (SSSR count). The number of rotatable bonds is 3. The predicted octanol–water partition coefficient (Wildman–Crippen LogP) is 2.30. The van der Waals surface area contributed by atoms with Crippen LogP contribution in [0.3, 0.4) is 0 Å². The van der Waals surface area contributed by atoms with Crippen molar-refractivity contribution < 1.29 is 9.90 Å². The van der Waals surface area contributed by atoms with E-state index in [4.69, 9.17) is 0 Å². The van der Waals surface area contributed by atoms with Gasteiger partial charge in [-0.1, -0.05) is 26.7 Å². The van der Waals surface area contributed by atoms with Gasteiger partial charge in [-0.05, 0) is 12.8 Å². The minimum atomic E-state index is -0.403. The Labute approximate surface area is 111 Å². The topological polar surface area (TPSA) is 62.2 Å². The number of carbonyl (C=O) groups excluding carboxylic acids is 1. The van der Waals surface area contributed by atoms with Crippen LogP contribution in [0.2, 0.25) is 0 Å². The smallest absolute Gasteiger partial charge is 0.263 e. The van der Waals surface area contributed by atoms with Crippen molar-refractivity contribution in [3.8, 4) is 0 Å². The van der Waals surface area contributed by atoms with Crippen molar-refractivity contribution in [2.45, 2.75) is 57.6 Å². The summed E-state index contributed by atoms with van der Waals surface area (Å²) in [5, 5.41) is 13.7. The van der Waals surface area contributed by atoms with E-state index in [1.54, 1.807) is 6.20 Å². The van der Waals surface area contributed by atoms with Gasteiger partial charge in [0.25, 0.3) is 5.91 Å². The highest BCUT2D eigenvalue weighted by molar-refractivity contribution is 7.13. The Morgan fingerprint density at radius 3 is 2.83 bits per heavy atom. The second-order valence-electron chi connectivity index (χ2n) is 5.15. The largest absolute Gasteiger partial charge is 0.391 e. The summed E-state index contributed by atoms with van der Waals surface area (Å²) in [7, 11) is 0. The third kappa shape index (κ3) is 3.09. The molecule has 1 heterocycles. The van der Waals surface area contributed by atoms with E-state index in [0.29, 0.717) is 10.8 Å². The number of nitrogens with one attached hydrogen (secondary N) is 1. The van der Waals surface area contributed by atoms with Crippen LogP contribution in [0, 0.1) is 0 Å². The average Bonchev–Trinajstić information content (AvgIpc) is 2.81. The van der Waals surface area contributed by atoms with E-state index >= 15 is 0 Å². The molecule has 5 heteroatoms. The van der Waals surface area contributed by atoms with E-state index < -0.39 is 6.10 Å². The first-order valence-corrected chi connectivity index (χ1v) is 7.34. The zero-order valence-electron chi connectivity index (χ0n) is 10.8. The van der Waals surface area contributed by atoms with Crippen molar-refractivity contribution in [2.24, 2.45) is 0 Å². The van der Waals surface area contributed by atoms with Crippen LogP contribution in [-0.4, -0.2) is 28.1 Å². The van der Waals surface area contributed by atoms with Crippen molar-refractivity contribution >= 4 is 17.2 Å². The quantitative estimate of drug-likeness (QED) is 0.884. The first kappa shape index (κ1) is 13.5. The zero-order chi connectivity index (χ0) is 13.1. The summed E-state index contributed by atoms with van der Waals surface area (Å²) < 4.78 is 0. The number of aromatic nitrogens is 1. The van der Waals surface area contributed by atoms with E-state index in [9.17, 15) is 9.90 Å². The van der Waals surface area contributed by atoms with Gasteiger partial charge >= 0.3 is 0 Å². The Morgan fingerprint density at radius 2 is 2.22 bits per heavy atom. The molecule has 100 valence electrons. The molecule has 0 bridgehead atoms. The Balaban J connectivity index is 1.98. The van der Waals surface area contributed by atoms with Gasteiger partial charge in [-0.15, -0.1) is 11.3 Å². The number of hydrogen-bond donors (Lipinski definition) is 2. The van der Waals surface area contributed by atoms with Crippen LogP contribution in [0.1, 0.15) is 60.1 Å². The maximum Gasteiger partial charge on any atom is 0.263 e. The van der Waals surface area contributed by atoms with Crippen molar-refractivity contribution in [1.82, 2.24) is 10.3 Å². The summed E-state index contributed by atoms with van der Waals surface area (Å²) in [6, 6.07) is -0.101. The summed E-state index contributed by atoms with van der Waals surface area (Å²) in [6.07, 6.45) is 4.99. The molecule has 1 saturated carbocycles. The van der Waals surface area contributed by atoms with Gasteiger partial charge < -0.3 is 10.4 Å². The van der Waals surface area contributed by atoms with Crippen LogP contribution >= 0.6 is 11.3 Å². The molecule has 2 N–H and O–H groups in total. The summed E-state index contributed by atoms with van der Waals surface area (Å²) >= 11 is 1.43. The Bertz CT molecular complexity index is 417. The molecule has 1 aromatic heterocycles. The number of amides is 1. The molecular formula is C13H20N2O2S. The number of thiazole rings is 1. The lowest BCUT2D eigenvalue weighted by Gasteiger charge is -2.28. The molecule has 18 heavy (non-hydrogen) atoms. The number of hydrogen-bond acceptors (Lipinski definition) is 4. The van der Waals surface area contributed by atoms with Gasteiger partial charge in [0.05, 0.1) is 23.4 Å². The van der Waals surface area contributed by atoms with Crippen LogP contribution in [0.15, 0.2) is 6.20 Å². The van der Waals surface area contributed by atoms with Crippen molar-refractivity contribution in [2.75, 3.05) is 0 Å². The summed E-state index contributed by atoms with van der Waals surface area (Å²) in [5.74, 6) is 0.238. The number of carbonyl (C=O) groups is 1. The van der Waals surface area contributed by atoms with Crippen LogP contribution in [-0.2, 0) is 0 Å². The van der Waals surface area contributed by atoms with E-state index in [0.717, 1.165) is 30.7 Å². The molecule has 1 fully saturated rings. The predicted molar refractivity (Wildman–Crippen MR) is 71.9 cm³/mol. The lowest BCUT2D eigenvalue weighted by atomic mass is 9.92. The molecule has 1 aromatic rings. The lowest BCUT2D eigenvalue weighted by molar-refractivity contribution is 0.0720. The SMILES string of the molecule is CC(C)c1ncc(C(=O)N[C@H]2CCCC[C@@H]2O)s1. The fraction of sp³-hybridized carbons (Fsp3) is 0.692. The van der Waals surface area contributed by atoms with E-state index in [1.165, 1.54) is 11.3 Å². The molecular weight excluding hydrogens is 248 g/mol. The minimum absolute atomic E-state index is 0.101. The highest BCUT2D eigenvalue weighted by atomic mass is 32.1. The number of aliphatic hydroxyl groups is 1. The standard InChI is InChI=1S/C13H20N2O2S/c1-8(2)13-14-7-11(18-13)12(17)15-9-5-3-4-6-10(9)16/h7-10,16H,3-6H2,1-2H3,(H,15,17)/t9-,10-/m0/s1. The number of nitrogens with zero attached hydrogens (tertiary/aromatic N) is 1. The zero-order valence-corrected chi connectivity index (χ0v) is 11.7. The fourth-order valence-corrected chi connectivity index (χ4v) is 3.00. The molecule has 0 spiro atoms. The Hall–Kier alpha value is -0.940. The van der Waals surface area contributed by atoms with Gasteiger partial charge in [0.15, 0.2) is 0 Å². The van der Waals surface area contributed by atoms with Crippen molar-refractivity contribution in [1.29, 1.82) is 0 Å². The minimum Gasteiger partial charge on any atom is -0.391 e. The molecule has 0 aromatic carbocycles. The van der Waals surface area contributed by atoms with Crippen LogP contribution < -0.4 is 5.32 Å². The summed E-state index contributed by atoms with van der Waals surface area (Å²) in [4.78, 5) is 16.9. The van der Waals surface area contributed by atoms with Gasteiger partial charge in [-0.2, -0.15) is 0 Å². The summed E-state index contributed by atoms with van der Waals surface area (Å²) in [5.41, 5.74) is 0. The van der Waals surface area contributed by atoms with Crippen LogP contribution in [0.4, 0.5) is 0 Å². The molecule has 1 amide bonds. The normalized spacial score (nSPS) is 24.2. The van der Waals surface area contributed by atoms with E-state index in [1.807, 2.05) is 0 Å². The van der Waals surface area contributed by atoms with Crippen molar-refractivity contribution in [3.63, 3.8) is 0 Å². The highest BCUT2D eigenvalue weighted by Crippen LogP contribution is 2.22. The van der Waals surface area contributed by atoms with Crippen molar-refractivity contribution in [3.05, 3.63) is 16.1 Å². The van der Waals surface area contributed by atoms with Gasteiger partial charge in [0.2, 0.25) is 0 Å². The second-order valence-corrected chi connectivity index (χ2v) is 6.21. The fourth-order valence-electron chi connectivity index (χ4n) is 2.18. The lowest BCUT2D eigenvalue weighted by Crippen LogP contribution is -2.44. The molecule has 0 aliphatic heterocycles. The van der Waals surface area contributed by atoms with Gasteiger partial charge in [0.1, 0.15) is 4.88 Å². The molecule has 0 radical (unpaired) electrons. The molecule has 2 atom stereocenters. The third-order valence-corrected chi connectivity index (χ3v) is 4.58. The molecule has 0 saturated heterocycles. The monoisotopic (exact) mass is 268 g/mol. The highest BCUT2D eigenvalue weighted by Gasteiger charge is 2.25. The summed E-state index contributed by atoms with van der Waals surface area (Å²) in [6.45, 7) is 4.12. The second kappa shape index (κ2) is 5.80. The maximum atomic E-state index is 12.0. The third-order valence-electron chi connectivity index (χ3n) is 3.29. The molecule has 0 unspecified atom stereocenters. The maximum absolute atomic E-state index is 12.0. The Morgan fingerprint density at radius 1 is 1.50 bits per heavy atom. The first-order chi connectivity index (χ1) is 8.58. The molecule has 4 nitrogen and oxygen atoms in total. The first-order valence-electron chi connectivity index (χ1n) is 6.52. The van der Waals surface area contributed by atoms with Gasteiger partial charge in [0, 0.05) is 5.92 Å². The van der Waals surface area contributed by atoms with E-state index in [-0.39, 0.29) is 11.9 Å². The van der Waals surface area contributed by atoms with Crippen LogP contribution in [0.25, 0.3) is 0 Å². The van der Waals surface area contributed by atoms with E-state index in [2.05, 4.69) is 24.1 Å². The Kier molecular flexibility index (Phi) is 4.35. The van der Waals surface area contributed by atoms with Gasteiger partial charge in [-0.25, -0.2) is 4.98 Å².